The maximum atomic E-state index is 10.6. The van der Waals surface area contributed by atoms with Gasteiger partial charge in [0.2, 0.25) is 0 Å². The first-order chi connectivity index (χ1) is 18.6. The van der Waals surface area contributed by atoms with Gasteiger partial charge in [0.15, 0.2) is 0 Å². The molecule has 0 aromatic heterocycles. The Morgan fingerprint density at radius 1 is 0.605 bits per heavy atom. The van der Waals surface area contributed by atoms with Crippen molar-refractivity contribution in [2.45, 2.75) is 69.8 Å². The summed E-state index contributed by atoms with van der Waals surface area (Å²) in [5, 5.41) is 8.72. The van der Waals surface area contributed by atoms with Crippen LogP contribution in [0, 0.1) is 0 Å². The highest BCUT2D eigenvalue weighted by atomic mass is 16.5. The Bertz CT molecular complexity index is 1010. The van der Waals surface area contributed by atoms with Gasteiger partial charge in [0.05, 0.1) is 14.2 Å². The van der Waals surface area contributed by atoms with E-state index in [4.69, 9.17) is 19.3 Å². The lowest BCUT2D eigenvalue weighted by Gasteiger charge is -2.36. The second kappa shape index (κ2) is 15.8. The maximum Gasteiger partial charge on any atom is 0.303 e. The fourth-order valence-electron chi connectivity index (χ4n) is 4.92. The molecule has 0 amide bonds. The van der Waals surface area contributed by atoms with Gasteiger partial charge in [0, 0.05) is 13.0 Å². The van der Waals surface area contributed by atoms with Gasteiger partial charge in [-0.15, -0.1) is 0 Å². The second-order valence-electron chi connectivity index (χ2n) is 9.68. The van der Waals surface area contributed by atoms with Crippen LogP contribution < -0.4 is 9.47 Å². The smallest absolute Gasteiger partial charge is 0.303 e. The zero-order chi connectivity index (χ0) is 27.1. The van der Waals surface area contributed by atoms with E-state index < -0.39 is 11.6 Å². The third-order valence-corrected chi connectivity index (χ3v) is 7.03. The molecule has 0 fully saturated rings. The highest BCUT2D eigenvalue weighted by Gasteiger charge is 2.37. The highest BCUT2D eigenvalue weighted by molar-refractivity contribution is 5.66. The Labute approximate surface area is 227 Å². The van der Waals surface area contributed by atoms with Gasteiger partial charge in [-0.2, -0.15) is 0 Å². The van der Waals surface area contributed by atoms with Crippen molar-refractivity contribution in [1.82, 2.24) is 0 Å². The summed E-state index contributed by atoms with van der Waals surface area (Å²) in [6.45, 7) is 0.641. The minimum Gasteiger partial charge on any atom is -0.497 e. The van der Waals surface area contributed by atoms with E-state index in [0.29, 0.717) is 6.61 Å². The Morgan fingerprint density at radius 2 is 1.03 bits per heavy atom. The molecule has 0 aliphatic carbocycles. The van der Waals surface area contributed by atoms with Crippen molar-refractivity contribution in [2.24, 2.45) is 0 Å². The molecule has 0 spiro atoms. The molecular weight excluding hydrogens is 476 g/mol. The summed E-state index contributed by atoms with van der Waals surface area (Å²) in [5.41, 5.74) is 2.43. The van der Waals surface area contributed by atoms with E-state index >= 15 is 0 Å². The molecule has 5 heteroatoms. The van der Waals surface area contributed by atoms with Crippen LogP contribution in [0.3, 0.4) is 0 Å². The Balaban J connectivity index is 1.66. The molecule has 0 aliphatic heterocycles. The maximum absolute atomic E-state index is 10.6. The predicted octanol–water partition coefficient (Wildman–Crippen LogP) is 8.00. The molecule has 5 nitrogen and oxygen atoms in total. The largest absolute Gasteiger partial charge is 0.497 e. The van der Waals surface area contributed by atoms with E-state index in [9.17, 15) is 4.79 Å². The first-order valence-electron chi connectivity index (χ1n) is 13.8. The van der Waals surface area contributed by atoms with E-state index in [-0.39, 0.29) is 6.42 Å². The zero-order valence-electron chi connectivity index (χ0n) is 22.9. The Hall–Kier alpha value is -3.31. The van der Waals surface area contributed by atoms with Gasteiger partial charge in [0.1, 0.15) is 17.1 Å². The third kappa shape index (κ3) is 8.35. The number of carbonyl (C=O) groups is 1. The van der Waals surface area contributed by atoms with Crippen molar-refractivity contribution in [1.29, 1.82) is 0 Å². The number of benzene rings is 3. The average Bonchev–Trinajstić information content (AvgIpc) is 2.96. The highest BCUT2D eigenvalue weighted by Crippen LogP contribution is 2.41. The summed E-state index contributed by atoms with van der Waals surface area (Å²) in [4.78, 5) is 10.6. The number of rotatable bonds is 18. The Morgan fingerprint density at radius 3 is 1.47 bits per heavy atom. The third-order valence-electron chi connectivity index (χ3n) is 7.03. The molecule has 38 heavy (non-hydrogen) atoms. The quantitative estimate of drug-likeness (QED) is 0.136. The summed E-state index contributed by atoms with van der Waals surface area (Å²) < 4.78 is 17.7. The summed E-state index contributed by atoms with van der Waals surface area (Å²) in [7, 11) is 3.36. The van der Waals surface area contributed by atoms with Gasteiger partial charge in [-0.05, 0) is 53.8 Å². The standard InChI is InChI=1S/C33H42O5/c1-36-30-22-18-28(19-23-30)33(27-15-11-10-12-16-27,29-20-24-31(37-2)25-21-29)38-26-14-9-7-5-3-4-6-8-13-17-32(34)35/h10-12,15-16,18-25H,3-9,13-14,17,26H2,1-2H3,(H,34,35). The fraction of sp³-hybridized carbons (Fsp3) is 0.424. The average molecular weight is 519 g/mol. The van der Waals surface area contributed by atoms with Gasteiger partial charge < -0.3 is 19.3 Å². The molecule has 0 unspecified atom stereocenters. The molecule has 0 aliphatic rings. The van der Waals surface area contributed by atoms with Gasteiger partial charge in [0.25, 0.3) is 0 Å². The number of unbranched alkanes of at least 4 members (excludes halogenated alkanes) is 8. The molecule has 0 atom stereocenters. The second-order valence-corrected chi connectivity index (χ2v) is 9.68. The van der Waals surface area contributed by atoms with Crippen LogP contribution in [0.15, 0.2) is 78.9 Å². The number of carboxylic acids is 1. The van der Waals surface area contributed by atoms with Crippen molar-refractivity contribution in [2.75, 3.05) is 20.8 Å². The topological polar surface area (TPSA) is 65.0 Å². The van der Waals surface area contributed by atoms with Gasteiger partial charge >= 0.3 is 5.97 Å². The van der Waals surface area contributed by atoms with Gasteiger partial charge in [-0.1, -0.05) is 99.5 Å². The van der Waals surface area contributed by atoms with E-state index in [0.717, 1.165) is 60.3 Å². The lowest BCUT2D eigenvalue weighted by Crippen LogP contribution is -2.33. The fourth-order valence-corrected chi connectivity index (χ4v) is 4.92. The lowest BCUT2D eigenvalue weighted by atomic mass is 9.80. The van der Waals surface area contributed by atoms with Crippen LogP contribution in [-0.2, 0) is 15.1 Å². The minimum atomic E-state index is -0.754. The van der Waals surface area contributed by atoms with Crippen LogP contribution in [0.2, 0.25) is 0 Å². The molecular formula is C33H42O5. The van der Waals surface area contributed by atoms with E-state index in [2.05, 4.69) is 48.5 Å². The van der Waals surface area contributed by atoms with Crippen LogP contribution in [0.4, 0.5) is 0 Å². The van der Waals surface area contributed by atoms with E-state index in [1.807, 2.05) is 30.3 Å². The van der Waals surface area contributed by atoms with Crippen LogP contribution in [0.5, 0.6) is 11.5 Å². The van der Waals surface area contributed by atoms with Crippen LogP contribution in [0.25, 0.3) is 0 Å². The van der Waals surface area contributed by atoms with E-state index in [1.54, 1.807) is 14.2 Å². The molecule has 0 heterocycles. The van der Waals surface area contributed by atoms with Crippen LogP contribution >= 0.6 is 0 Å². The molecule has 3 aromatic rings. The summed E-state index contributed by atoms with van der Waals surface area (Å²) >= 11 is 0. The first kappa shape index (κ1) is 29.2. The number of hydrogen-bond donors (Lipinski definition) is 1. The SMILES string of the molecule is COc1ccc(C(OCCCCCCCCCCCC(=O)O)(c2ccccc2)c2ccc(OC)cc2)cc1. The Kier molecular flexibility index (Phi) is 12.2. The number of aliphatic carboxylic acids is 1. The molecule has 0 bridgehead atoms. The van der Waals surface area contributed by atoms with Gasteiger partial charge in [-0.3, -0.25) is 4.79 Å². The minimum absolute atomic E-state index is 0.289. The predicted molar refractivity (Wildman–Crippen MR) is 152 cm³/mol. The lowest BCUT2D eigenvalue weighted by molar-refractivity contribution is -0.137. The summed E-state index contributed by atoms with van der Waals surface area (Å²) in [6.07, 6.45) is 10.1. The van der Waals surface area contributed by atoms with Crippen molar-refractivity contribution >= 4 is 5.97 Å². The van der Waals surface area contributed by atoms with E-state index in [1.165, 1.54) is 25.7 Å². The first-order valence-corrected chi connectivity index (χ1v) is 13.8. The number of methoxy groups -OCH3 is 2. The van der Waals surface area contributed by atoms with Crippen LogP contribution in [0.1, 0.15) is 80.9 Å². The molecule has 0 saturated heterocycles. The molecule has 0 radical (unpaired) electrons. The monoisotopic (exact) mass is 518 g/mol. The van der Waals surface area contributed by atoms with Crippen LogP contribution in [-0.4, -0.2) is 31.9 Å². The van der Waals surface area contributed by atoms with Crippen molar-refractivity contribution in [3.05, 3.63) is 95.6 Å². The van der Waals surface area contributed by atoms with Crippen molar-refractivity contribution in [3.8, 4) is 11.5 Å². The molecule has 1 N–H and O–H groups in total. The number of hydrogen-bond acceptors (Lipinski definition) is 4. The summed E-state index contributed by atoms with van der Waals surface area (Å²) in [6, 6.07) is 26.7. The number of carboxylic acid groups (broad SMARTS) is 1. The molecule has 3 rings (SSSR count). The molecule has 204 valence electrons. The van der Waals surface area contributed by atoms with Crippen molar-refractivity contribution in [3.63, 3.8) is 0 Å². The van der Waals surface area contributed by atoms with Gasteiger partial charge in [-0.25, -0.2) is 0 Å². The zero-order valence-corrected chi connectivity index (χ0v) is 22.9. The molecule has 3 aromatic carbocycles. The summed E-state index contributed by atoms with van der Waals surface area (Å²) in [5.74, 6) is 0.933. The van der Waals surface area contributed by atoms with Crippen molar-refractivity contribution < 1.29 is 24.1 Å². The molecule has 0 saturated carbocycles. The number of ether oxygens (including phenoxy) is 3. The normalized spacial score (nSPS) is 11.3.